The van der Waals surface area contributed by atoms with Crippen LogP contribution >= 0.6 is 23.2 Å². The second-order valence-electron chi connectivity index (χ2n) is 9.62. The van der Waals surface area contributed by atoms with Crippen molar-refractivity contribution in [2.24, 2.45) is 0 Å². The molecular formula is C31H33Cl2N3O2. The minimum absolute atomic E-state index is 0.0158. The summed E-state index contributed by atoms with van der Waals surface area (Å²) in [7, 11) is 0. The summed E-state index contributed by atoms with van der Waals surface area (Å²) in [5.41, 5.74) is 4.78. The number of aryl methyl sites for hydroxylation is 1. The van der Waals surface area contributed by atoms with Crippen molar-refractivity contribution in [3.05, 3.63) is 105 Å². The number of hydrogen-bond acceptors (Lipinski definition) is 2. The van der Waals surface area contributed by atoms with Crippen molar-refractivity contribution < 1.29 is 9.59 Å². The Morgan fingerprint density at radius 1 is 0.895 bits per heavy atom. The summed E-state index contributed by atoms with van der Waals surface area (Å²) in [6, 6.07) is 21.1. The Morgan fingerprint density at radius 2 is 1.66 bits per heavy atom. The number of halogens is 2. The molecule has 4 rings (SSSR count). The highest BCUT2D eigenvalue weighted by atomic mass is 35.5. The molecule has 5 nitrogen and oxygen atoms in total. The third-order valence-electron chi connectivity index (χ3n) is 6.73. The van der Waals surface area contributed by atoms with E-state index < -0.39 is 0 Å². The highest BCUT2D eigenvalue weighted by Crippen LogP contribution is 2.24. The van der Waals surface area contributed by atoms with Gasteiger partial charge in [-0.1, -0.05) is 78.5 Å². The summed E-state index contributed by atoms with van der Waals surface area (Å²) in [5, 5.41) is 2.07. The number of unbranched alkanes of at least 4 members (excludes halogenated alkanes) is 1. The largest absolute Gasteiger partial charge is 0.361 e. The van der Waals surface area contributed by atoms with Crippen LogP contribution in [0.1, 0.15) is 46.8 Å². The molecule has 38 heavy (non-hydrogen) atoms. The molecule has 0 aliphatic rings. The van der Waals surface area contributed by atoms with E-state index in [1.165, 1.54) is 0 Å². The predicted octanol–water partition coefficient (Wildman–Crippen LogP) is 7.30. The third kappa shape index (κ3) is 6.97. The maximum absolute atomic E-state index is 13.8. The number of aromatic amines is 1. The van der Waals surface area contributed by atoms with Crippen LogP contribution in [-0.2, 0) is 17.8 Å². The lowest BCUT2D eigenvalue weighted by Gasteiger charge is -2.28. The van der Waals surface area contributed by atoms with Gasteiger partial charge in [0, 0.05) is 42.3 Å². The summed E-state index contributed by atoms with van der Waals surface area (Å²) < 4.78 is 0. The van der Waals surface area contributed by atoms with Crippen LogP contribution in [0.4, 0.5) is 0 Å². The van der Waals surface area contributed by atoms with E-state index in [4.69, 9.17) is 23.2 Å². The van der Waals surface area contributed by atoms with Crippen LogP contribution in [0.3, 0.4) is 0 Å². The molecule has 0 unspecified atom stereocenters. The van der Waals surface area contributed by atoms with Crippen molar-refractivity contribution in [1.82, 2.24) is 14.8 Å². The average Bonchev–Trinajstić information content (AvgIpc) is 3.34. The number of nitrogens with one attached hydrogen (secondary N) is 1. The van der Waals surface area contributed by atoms with Gasteiger partial charge in [0.15, 0.2) is 0 Å². The van der Waals surface area contributed by atoms with Gasteiger partial charge in [-0.05, 0) is 61.2 Å². The van der Waals surface area contributed by atoms with Crippen LogP contribution in [-0.4, -0.2) is 46.2 Å². The number of aromatic nitrogens is 1. The first-order chi connectivity index (χ1) is 18.4. The standard InChI is InChI=1S/C31H33Cl2N3O2/c1-3-4-16-36(31(38)24-12-9-22(2)10-13-24)21-30(37)35(20-23-11-14-27(32)28(33)18-23)17-15-25-19-34-29-8-6-5-7-26(25)29/h5-14,18-19,34H,3-4,15-17,20-21H2,1-2H3. The zero-order chi connectivity index (χ0) is 27.1. The molecular weight excluding hydrogens is 517 g/mol. The molecule has 1 N–H and O–H groups in total. The van der Waals surface area contributed by atoms with Crippen molar-refractivity contribution in [3.8, 4) is 0 Å². The molecule has 3 aromatic carbocycles. The zero-order valence-electron chi connectivity index (χ0n) is 21.8. The van der Waals surface area contributed by atoms with E-state index in [1.807, 2.05) is 66.6 Å². The number of para-hydroxylation sites is 1. The molecule has 0 aliphatic carbocycles. The van der Waals surface area contributed by atoms with Crippen molar-refractivity contribution in [2.75, 3.05) is 19.6 Å². The van der Waals surface area contributed by atoms with Crippen LogP contribution in [0.15, 0.2) is 72.9 Å². The summed E-state index contributed by atoms with van der Waals surface area (Å²) in [4.78, 5) is 33.9. The van der Waals surface area contributed by atoms with Crippen LogP contribution in [0.5, 0.6) is 0 Å². The molecule has 0 bridgehead atoms. The Morgan fingerprint density at radius 3 is 2.39 bits per heavy atom. The molecule has 1 heterocycles. The smallest absolute Gasteiger partial charge is 0.254 e. The van der Waals surface area contributed by atoms with Crippen molar-refractivity contribution in [1.29, 1.82) is 0 Å². The fourth-order valence-corrected chi connectivity index (χ4v) is 4.81. The topological polar surface area (TPSA) is 56.4 Å². The molecule has 0 atom stereocenters. The molecule has 198 valence electrons. The molecule has 2 amide bonds. The Labute approximate surface area is 234 Å². The first-order valence-electron chi connectivity index (χ1n) is 13.0. The molecule has 0 saturated heterocycles. The Bertz CT molecular complexity index is 1400. The van der Waals surface area contributed by atoms with Crippen LogP contribution in [0.25, 0.3) is 10.9 Å². The molecule has 7 heteroatoms. The van der Waals surface area contributed by atoms with E-state index in [-0.39, 0.29) is 18.4 Å². The number of benzene rings is 3. The lowest BCUT2D eigenvalue weighted by atomic mass is 10.1. The van der Waals surface area contributed by atoms with Gasteiger partial charge in [0.1, 0.15) is 6.54 Å². The predicted molar refractivity (Wildman–Crippen MR) is 156 cm³/mol. The Balaban J connectivity index is 1.56. The monoisotopic (exact) mass is 549 g/mol. The fourth-order valence-electron chi connectivity index (χ4n) is 4.49. The summed E-state index contributed by atoms with van der Waals surface area (Å²) >= 11 is 12.4. The Hall–Kier alpha value is -3.28. The molecule has 0 spiro atoms. The summed E-state index contributed by atoms with van der Waals surface area (Å²) in [6.07, 6.45) is 4.44. The maximum Gasteiger partial charge on any atom is 0.254 e. The van der Waals surface area contributed by atoms with Gasteiger partial charge in [-0.2, -0.15) is 0 Å². The molecule has 0 aliphatic heterocycles. The minimum Gasteiger partial charge on any atom is -0.361 e. The quantitative estimate of drug-likeness (QED) is 0.213. The highest BCUT2D eigenvalue weighted by molar-refractivity contribution is 6.42. The van der Waals surface area contributed by atoms with Gasteiger partial charge in [0.05, 0.1) is 10.0 Å². The van der Waals surface area contributed by atoms with E-state index in [9.17, 15) is 9.59 Å². The van der Waals surface area contributed by atoms with Crippen molar-refractivity contribution >= 4 is 45.9 Å². The average molecular weight is 551 g/mol. The van der Waals surface area contributed by atoms with E-state index in [2.05, 4.69) is 18.0 Å². The van der Waals surface area contributed by atoms with Gasteiger partial charge in [0.2, 0.25) is 5.91 Å². The lowest BCUT2D eigenvalue weighted by molar-refractivity contribution is -0.132. The van der Waals surface area contributed by atoms with Gasteiger partial charge in [0.25, 0.3) is 5.91 Å². The van der Waals surface area contributed by atoms with Crippen LogP contribution in [0.2, 0.25) is 10.0 Å². The van der Waals surface area contributed by atoms with E-state index in [0.29, 0.717) is 41.7 Å². The lowest BCUT2D eigenvalue weighted by Crippen LogP contribution is -2.43. The number of hydrogen-bond donors (Lipinski definition) is 1. The second kappa shape index (κ2) is 13.0. The summed E-state index contributed by atoms with van der Waals surface area (Å²) in [6.45, 7) is 5.48. The minimum atomic E-state index is -0.127. The number of fused-ring (bicyclic) bond motifs is 1. The maximum atomic E-state index is 13.8. The number of rotatable bonds is 11. The zero-order valence-corrected chi connectivity index (χ0v) is 23.4. The van der Waals surface area contributed by atoms with Crippen LogP contribution in [0, 0.1) is 6.92 Å². The summed E-state index contributed by atoms with van der Waals surface area (Å²) in [5.74, 6) is -0.231. The number of amides is 2. The highest BCUT2D eigenvalue weighted by Gasteiger charge is 2.23. The first-order valence-corrected chi connectivity index (χ1v) is 13.7. The van der Waals surface area contributed by atoms with Gasteiger partial charge < -0.3 is 14.8 Å². The number of nitrogens with zero attached hydrogens (tertiary/aromatic N) is 2. The van der Waals surface area contributed by atoms with Crippen molar-refractivity contribution in [3.63, 3.8) is 0 Å². The number of H-pyrrole nitrogens is 1. The molecule has 0 fully saturated rings. The first kappa shape index (κ1) is 27.7. The molecule has 0 saturated carbocycles. The van der Waals surface area contributed by atoms with Crippen LogP contribution < -0.4 is 0 Å². The molecule has 1 aromatic heterocycles. The van der Waals surface area contributed by atoms with E-state index in [1.54, 1.807) is 17.0 Å². The number of carbonyl (C=O) groups excluding carboxylic acids is 2. The molecule has 0 radical (unpaired) electrons. The van der Waals surface area contributed by atoms with Gasteiger partial charge in [-0.15, -0.1) is 0 Å². The third-order valence-corrected chi connectivity index (χ3v) is 7.47. The van der Waals surface area contributed by atoms with Gasteiger partial charge in [-0.25, -0.2) is 0 Å². The van der Waals surface area contributed by atoms with Crippen molar-refractivity contribution in [2.45, 2.75) is 39.7 Å². The van der Waals surface area contributed by atoms with E-state index in [0.717, 1.165) is 40.4 Å². The fraction of sp³-hybridized carbons (Fsp3) is 0.290. The van der Waals surface area contributed by atoms with Gasteiger partial charge >= 0.3 is 0 Å². The second-order valence-corrected chi connectivity index (χ2v) is 10.4. The Kier molecular flexibility index (Phi) is 9.48. The number of carbonyl (C=O) groups is 2. The van der Waals surface area contributed by atoms with E-state index >= 15 is 0 Å². The normalized spacial score (nSPS) is 11.1. The van der Waals surface area contributed by atoms with Gasteiger partial charge in [-0.3, -0.25) is 9.59 Å². The molecule has 4 aromatic rings. The SMILES string of the molecule is CCCCN(CC(=O)N(CCc1c[nH]c2ccccc12)Cc1ccc(Cl)c(Cl)c1)C(=O)c1ccc(C)cc1.